The van der Waals surface area contributed by atoms with Gasteiger partial charge in [-0.15, -0.1) is 0 Å². The third-order valence-electron chi connectivity index (χ3n) is 2.07. The number of ether oxygens (including phenoxy) is 1. The van der Waals surface area contributed by atoms with Crippen molar-refractivity contribution in [1.29, 1.82) is 0 Å². The molecule has 0 spiro atoms. The molecule has 0 bridgehead atoms. The van der Waals surface area contributed by atoms with Crippen LogP contribution in [0.25, 0.3) is 0 Å². The van der Waals surface area contributed by atoms with Crippen molar-refractivity contribution < 1.29 is 23.4 Å². The van der Waals surface area contributed by atoms with Crippen molar-refractivity contribution in [2.75, 3.05) is 7.11 Å². The van der Waals surface area contributed by atoms with E-state index in [9.17, 15) is 13.6 Å². The Labute approximate surface area is 90.9 Å². The minimum absolute atomic E-state index is 0.0725. The molecule has 0 saturated heterocycles. The van der Waals surface area contributed by atoms with Gasteiger partial charge in [0.1, 0.15) is 5.75 Å². The summed E-state index contributed by atoms with van der Waals surface area (Å²) in [6.07, 6.45) is -3.01. The van der Waals surface area contributed by atoms with Gasteiger partial charge in [0.15, 0.2) is 0 Å². The summed E-state index contributed by atoms with van der Waals surface area (Å²) >= 11 is 0. The molecule has 0 atom stereocenters. The summed E-state index contributed by atoms with van der Waals surface area (Å²) in [5.41, 5.74) is 0.0231. The lowest BCUT2D eigenvalue weighted by molar-refractivity contribution is -0.136. The molecule has 1 N–H and O–H groups in total. The van der Waals surface area contributed by atoms with Crippen LogP contribution in [0.5, 0.6) is 5.75 Å². The van der Waals surface area contributed by atoms with Crippen molar-refractivity contribution >= 4 is 5.97 Å². The summed E-state index contributed by atoms with van der Waals surface area (Å²) in [7, 11) is 1.28. The molecule has 1 aromatic heterocycles. The van der Waals surface area contributed by atoms with Crippen molar-refractivity contribution in [3.8, 4) is 5.75 Å². The maximum absolute atomic E-state index is 12.5. The average molecular weight is 231 g/mol. The van der Waals surface area contributed by atoms with E-state index in [-0.39, 0.29) is 29.1 Å². The third kappa shape index (κ3) is 2.65. The Balaban J connectivity index is 3.20. The van der Waals surface area contributed by atoms with Crippen LogP contribution in [0.2, 0.25) is 0 Å². The van der Waals surface area contributed by atoms with Crippen molar-refractivity contribution in [2.24, 2.45) is 0 Å². The molecule has 1 aromatic rings. The van der Waals surface area contributed by atoms with Crippen molar-refractivity contribution in [2.45, 2.75) is 19.8 Å². The zero-order valence-electron chi connectivity index (χ0n) is 8.83. The first-order valence-corrected chi connectivity index (χ1v) is 4.50. The summed E-state index contributed by atoms with van der Waals surface area (Å²) in [5.74, 6) is -1.02. The Morgan fingerprint density at radius 1 is 1.62 bits per heavy atom. The number of aromatic nitrogens is 1. The van der Waals surface area contributed by atoms with Gasteiger partial charge >= 0.3 is 5.97 Å². The van der Waals surface area contributed by atoms with Crippen LogP contribution in [0.4, 0.5) is 8.78 Å². The SMILES string of the molecule is COc1cc(C(F)F)c(C)nc1CC(=O)O. The fourth-order valence-corrected chi connectivity index (χ4v) is 1.32. The highest BCUT2D eigenvalue weighted by atomic mass is 19.3. The molecule has 88 valence electrons. The van der Waals surface area contributed by atoms with Crippen LogP contribution in [-0.4, -0.2) is 23.2 Å². The summed E-state index contributed by atoms with van der Waals surface area (Å²) in [6, 6.07) is 1.13. The van der Waals surface area contributed by atoms with Gasteiger partial charge in [-0.05, 0) is 13.0 Å². The molecule has 1 heterocycles. The van der Waals surface area contributed by atoms with E-state index in [1.807, 2.05) is 0 Å². The number of carbonyl (C=O) groups is 1. The molecule has 0 aliphatic rings. The van der Waals surface area contributed by atoms with E-state index in [1.165, 1.54) is 14.0 Å². The number of pyridine rings is 1. The predicted octanol–water partition coefficient (Wildman–Crippen LogP) is 1.96. The molecule has 0 amide bonds. The Bertz CT molecular complexity index is 407. The number of nitrogens with zero attached hydrogens (tertiary/aromatic N) is 1. The van der Waals surface area contributed by atoms with Crippen LogP contribution in [0.15, 0.2) is 6.07 Å². The van der Waals surface area contributed by atoms with Gasteiger partial charge in [-0.1, -0.05) is 0 Å². The predicted molar refractivity (Wildman–Crippen MR) is 51.8 cm³/mol. The highest BCUT2D eigenvalue weighted by Gasteiger charge is 2.17. The van der Waals surface area contributed by atoms with Crippen LogP contribution >= 0.6 is 0 Å². The van der Waals surface area contributed by atoms with Crippen LogP contribution < -0.4 is 4.74 Å². The quantitative estimate of drug-likeness (QED) is 0.860. The van der Waals surface area contributed by atoms with Gasteiger partial charge in [0, 0.05) is 11.3 Å². The number of carboxylic acids is 1. The average Bonchev–Trinajstić information content (AvgIpc) is 2.16. The van der Waals surface area contributed by atoms with Gasteiger partial charge in [-0.2, -0.15) is 0 Å². The standard InChI is InChI=1S/C10H11F2NO3/c1-5-6(10(11)12)3-8(16-2)7(13-5)4-9(14)15/h3,10H,4H2,1-2H3,(H,14,15). The molecule has 0 aliphatic carbocycles. The summed E-state index contributed by atoms with van der Waals surface area (Å²) in [6.45, 7) is 1.41. The molecular formula is C10H11F2NO3. The van der Waals surface area contributed by atoms with Gasteiger partial charge in [-0.3, -0.25) is 9.78 Å². The fraction of sp³-hybridized carbons (Fsp3) is 0.400. The minimum Gasteiger partial charge on any atom is -0.495 e. The lowest BCUT2D eigenvalue weighted by Gasteiger charge is -2.10. The largest absolute Gasteiger partial charge is 0.495 e. The first kappa shape index (κ1) is 12.4. The first-order chi connectivity index (χ1) is 7.45. The van der Waals surface area contributed by atoms with E-state index in [2.05, 4.69) is 4.98 Å². The van der Waals surface area contributed by atoms with Crippen molar-refractivity contribution in [1.82, 2.24) is 4.98 Å². The summed E-state index contributed by atoms with van der Waals surface area (Å²) < 4.78 is 29.9. The van der Waals surface area contributed by atoms with Crippen LogP contribution in [-0.2, 0) is 11.2 Å². The Morgan fingerprint density at radius 3 is 2.69 bits per heavy atom. The van der Waals surface area contributed by atoms with Crippen molar-refractivity contribution in [3.05, 3.63) is 23.0 Å². The number of aryl methyl sites for hydroxylation is 1. The van der Waals surface area contributed by atoms with E-state index in [4.69, 9.17) is 9.84 Å². The zero-order chi connectivity index (χ0) is 12.3. The Kier molecular flexibility index (Phi) is 3.76. The van der Waals surface area contributed by atoms with Gasteiger partial charge in [-0.25, -0.2) is 8.78 Å². The van der Waals surface area contributed by atoms with Crippen molar-refractivity contribution in [3.63, 3.8) is 0 Å². The zero-order valence-corrected chi connectivity index (χ0v) is 8.83. The number of aliphatic carboxylic acids is 1. The second-order valence-electron chi connectivity index (χ2n) is 3.18. The highest BCUT2D eigenvalue weighted by Crippen LogP contribution is 2.27. The number of carboxylic acid groups (broad SMARTS) is 1. The van der Waals surface area contributed by atoms with Gasteiger partial charge in [0.05, 0.1) is 19.2 Å². The Hall–Kier alpha value is -1.72. The van der Waals surface area contributed by atoms with Crippen LogP contribution in [0.3, 0.4) is 0 Å². The smallest absolute Gasteiger partial charge is 0.309 e. The lowest BCUT2D eigenvalue weighted by atomic mass is 10.1. The Morgan fingerprint density at radius 2 is 2.25 bits per heavy atom. The minimum atomic E-state index is -2.65. The number of methoxy groups -OCH3 is 1. The van der Waals surface area contributed by atoms with Gasteiger partial charge < -0.3 is 9.84 Å². The number of rotatable bonds is 4. The maximum atomic E-state index is 12.5. The lowest BCUT2D eigenvalue weighted by Crippen LogP contribution is -2.07. The third-order valence-corrected chi connectivity index (χ3v) is 2.07. The summed E-state index contributed by atoms with van der Waals surface area (Å²) in [4.78, 5) is 14.3. The van der Waals surface area contributed by atoms with E-state index in [1.54, 1.807) is 0 Å². The number of hydrogen-bond donors (Lipinski definition) is 1. The van der Waals surface area contributed by atoms with E-state index < -0.39 is 12.4 Å². The molecule has 0 aliphatic heterocycles. The molecule has 16 heavy (non-hydrogen) atoms. The van der Waals surface area contributed by atoms with E-state index in [0.29, 0.717) is 0 Å². The second kappa shape index (κ2) is 4.87. The molecule has 6 heteroatoms. The molecule has 0 fully saturated rings. The van der Waals surface area contributed by atoms with E-state index >= 15 is 0 Å². The second-order valence-corrected chi connectivity index (χ2v) is 3.18. The van der Waals surface area contributed by atoms with Crippen LogP contribution in [0, 0.1) is 6.92 Å². The molecule has 0 aromatic carbocycles. The fourth-order valence-electron chi connectivity index (χ4n) is 1.32. The topological polar surface area (TPSA) is 59.4 Å². The molecule has 4 nitrogen and oxygen atoms in total. The van der Waals surface area contributed by atoms with Gasteiger partial charge in [0.2, 0.25) is 0 Å². The monoisotopic (exact) mass is 231 g/mol. The van der Waals surface area contributed by atoms with E-state index in [0.717, 1.165) is 6.07 Å². The molecule has 1 rings (SSSR count). The molecule has 0 radical (unpaired) electrons. The van der Waals surface area contributed by atoms with Gasteiger partial charge in [0.25, 0.3) is 6.43 Å². The maximum Gasteiger partial charge on any atom is 0.309 e. The number of halogens is 2. The summed E-state index contributed by atoms with van der Waals surface area (Å²) in [5, 5.41) is 8.61. The normalized spacial score (nSPS) is 10.6. The molecule has 0 unspecified atom stereocenters. The first-order valence-electron chi connectivity index (χ1n) is 4.50. The molecular weight excluding hydrogens is 220 g/mol. The molecule has 0 saturated carbocycles. The van der Waals surface area contributed by atoms with Crippen LogP contribution in [0.1, 0.15) is 23.4 Å². The number of hydrogen-bond acceptors (Lipinski definition) is 3. The highest BCUT2D eigenvalue weighted by molar-refractivity contribution is 5.70. The number of alkyl halides is 2.